The first kappa shape index (κ1) is 11.1. The van der Waals surface area contributed by atoms with Crippen LogP contribution in [-0.4, -0.2) is 6.67 Å². The Morgan fingerprint density at radius 2 is 1.94 bits per heavy atom. The molecular weight excluding hydrogens is 196 g/mol. The average molecular weight is 216 g/mol. The molecule has 0 unspecified atom stereocenters. The van der Waals surface area contributed by atoms with E-state index in [1.54, 1.807) is 0 Å². The fourth-order valence-electron chi connectivity index (χ4n) is 1.97. The van der Waals surface area contributed by atoms with Gasteiger partial charge in [-0.15, -0.1) is 0 Å². The van der Waals surface area contributed by atoms with E-state index in [-0.39, 0.29) is 0 Å². The normalized spacial score (nSPS) is 14.2. The second-order valence-electron chi connectivity index (χ2n) is 4.27. The highest BCUT2D eigenvalue weighted by molar-refractivity contribution is 5.65. The summed E-state index contributed by atoms with van der Waals surface area (Å²) in [5.41, 5.74) is 3.91. The van der Waals surface area contributed by atoms with E-state index in [0.29, 0.717) is 0 Å². The predicted octanol–water partition coefficient (Wildman–Crippen LogP) is 2.87. The van der Waals surface area contributed by atoms with Crippen LogP contribution >= 0.6 is 0 Å². The molecule has 2 heteroatoms. The van der Waals surface area contributed by atoms with Crippen molar-refractivity contribution in [2.24, 2.45) is 0 Å². The molecule has 86 valence electrons. The molecule has 16 heavy (non-hydrogen) atoms. The SMILES string of the molecule is CCCCCc1ccc(C2=CNCN2)cc1. The van der Waals surface area contributed by atoms with E-state index < -0.39 is 0 Å². The van der Waals surface area contributed by atoms with Gasteiger partial charge in [-0.3, -0.25) is 0 Å². The van der Waals surface area contributed by atoms with E-state index >= 15 is 0 Å². The fraction of sp³-hybridized carbons (Fsp3) is 0.429. The summed E-state index contributed by atoms with van der Waals surface area (Å²) in [6.45, 7) is 3.09. The summed E-state index contributed by atoms with van der Waals surface area (Å²) in [4.78, 5) is 0. The third-order valence-electron chi connectivity index (χ3n) is 2.96. The van der Waals surface area contributed by atoms with Crippen molar-refractivity contribution < 1.29 is 0 Å². The Morgan fingerprint density at radius 1 is 1.12 bits per heavy atom. The molecule has 0 aliphatic carbocycles. The first-order chi connectivity index (χ1) is 7.90. The van der Waals surface area contributed by atoms with Gasteiger partial charge in [-0.25, -0.2) is 0 Å². The Morgan fingerprint density at radius 3 is 2.56 bits per heavy atom. The molecule has 0 fully saturated rings. The second-order valence-corrected chi connectivity index (χ2v) is 4.27. The third-order valence-corrected chi connectivity index (χ3v) is 2.96. The van der Waals surface area contributed by atoms with E-state index in [1.807, 2.05) is 6.20 Å². The highest BCUT2D eigenvalue weighted by Gasteiger charge is 2.04. The van der Waals surface area contributed by atoms with Crippen LogP contribution in [0.4, 0.5) is 0 Å². The first-order valence-electron chi connectivity index (χ1n) is 6.17. The second kappa shape index (κ2) is 5.59. The van der Waals surface area contributed by atoms with Crippen LogP contribution in [0.3, 0.4) is 0 Å². The zero-order valence-corrected chi connectivity index (χ0v) is 9.92. The minimum Gasteiger partial charge on any atom is -0.372 e. The van der Waals surface area contributed by atoms with Gasteiger partial charge in [0.1, 0.15) is 0 Å². The Bertz CT molecular complexity index is 352. The smallest absolute Gasteiger partial charge is 0.0846 e. The monoisotopic (exact) mass is 216 g/mol. The van der Waals surface area contributed by atoms with Gasteiger partial charge in [0.2, 0.25) is 0 Å². The molecule has 0 radical (unpaired) electrons. The van der Waals surface area contributed by atoms with Crippen LogP contribution in [0, 0.1) is 0 Å². The lowest BCUT2D eigenvalue weighted by Crippen LogP contribution is -2.13. The molecular formula is C14H20N2. The minimum atomic E-state index is 0.841. The van der Waals surface area contributed by atoms with Gasteiger partial charge in [0.15, 0.2) is 0 Å². The van der Waals surface area contributed by atoms with Gasteiger partial charge >= 0.3 is 0 Å². The lowest BCUT2D eigenvalue weighted by Gasteiger charge is -2.05. The summed E-state index contributed by atoms with van der Waals surface area (Å²) in [5, 5.41) is 6.45. The summed E-state index contributed by atoms with van der Waals surface area (Å²) in [6.07, 6.45) is 7.17. The number of nitrogens with one attached hydrogen (secondary N) is 2. The molecule has 0 aromatic heterocycles. The number of aryl methyl sites for hydroxylation is 1. The zero-order valence-electron chi connectivity index (χ0n) is 9.92. The van der Waals surface area contributed by atoms with E-state index in [4.69, 9.17) is 0 Å². The standard InChI is InChI=1S/C14H20N2/c1-2-3-4-5-12-6-8-13(9-7-12)14-10-15-11-16-14/h6-10,15-16H,2-5,11H2,1H3. The average Bonchev–Trinajstić information content (AvgIpc) is 2.84. The topological polar surface area (TPSA) is 24.1 Å². The largest absolute Gasteiger partial charge is 0.372 e. The van der Waals surface area contributed by atoms with Gasteiger partial charge in [-0.2, -0.15) is 0 Å². The highest BCUT2D eigenvalue weighted by Crippen LogP contribution is 2.15. The molecule has 1 aromatic carbocycles. The Labute approximate surface area is 97.8 Å². The summed E-state index contributed by atoms with van der Waals surface area (Å²) in [7, 11) is 0. The van der Waals surface area contributed by atoms with Crippen LogP contribution in [0.1, 0.15) is 37.3 Å². The van der Waals surface area contributed by atoms with Gasteiger partial charge < -0.3 is 10.6 Å². The molecule has 0 amide bonds. The van der Waals surface area contributed by atoms with Gasteiger partial charge in [-0.05, 0) is 24.0 Å². The van der Waals surface area contributed by atoms with E-state index in [9.17, 15) is 0 Å². The van der Waals surface area contributed by atoms with Crippen molar-refractivity contribution in [1.82, 2.24) is 10.6 Å². The highest BCUT2D eigenvalue weighted by atomic mass is 15.1. The summed E-state index contributed by atoms with van der Waals surface area (Å²) in [5.74, 6) is 0. The van der Waals surface area contributed by atoms with Gasteiger partial charge in [0.25, 0.3) is 0 Å². The van der Waals surface area contributed by atoms with E-state index in [1.165, 1.54) is 42.5 Å². The number of hydrogen-bond acceptors (Lipinski definition) is 2. The molecule has 2 rings (SSSR count). The van der Waals surface area contributed by atoms with Crippen molar-refractivity contribution in [2.75, 3.05) is 6.67 Å². The summed E-state index contributed by atoms with van der Waals surface area (Å²) >= 11 is 0. The predicted molar refractivity (Wildman–Crippen MR) is 68.8 cm³/mol. The lowest BCUT2D eigenvalue weighted by atomic mass is 10.0. The molecule has 0 saturated carbocycles. The van der Waals surface area contributed by atoms with Crippen molar-refractivity contribution in [3.8, 4) is 0 Å². The van der Waals surface area contributed by atoms with Crippen LogP contribution in [-0.2, 0) is 6.42 Å². The molecule has 1 heterocycles. The maximum absolute atomic E-state index is 3.29. The van der Waals surface area contributed by atoms with Gasteiger partial charge in [-0.1, -0.05) is 44.0 Å². The molecule has 1 aromatic rings. The maximum Gasteiger partial charge on any atom is 0.0846 e. The maximum atomic E-state index is 3.29. The third kappa shape index (κ3) is 2.78. The van der Waals surface area contributed by atoms with E-state index in [0.717, 1.165) is 6.67 Å². The van der Waals surface area contributed by atoms with Gasteiger partial charge in [0, 0.05) is 6.20 Å². The van der Waals surface area contributed by atoms with Crippen LogP contribution in [0.2, 0.25) is 0 Å². The molecule has 2 nitrogen and oxygen atoms in total. The molecule has 1 aliphatic rings. The molecule has 0 atom stereocenters. The van der Waals surface area contributed by atoms with Crippen LogP contribution in [0.15, 0.2) is 30.5 Å². The number of rotatable bonds is 5. The lowest BCUT2D eigenvalue weighted by molar-refractivity contribution is 0.717. The number of benzene rings is 1. The zero-order chi connectivity index (χ0) is 11.2. The van der Waals surface area contributed by atoms with Crippen LogP contribution in [0.5, 0.6) is 0 Å². The van der Waals surface area contributed by atoms with Crippen molar-refractivity contribution in [3.05, 3.63) is 41.6 Å². The van der Waals surface area contributed by atoms with Crippen molar-refractivity contribution >= 4 is 5.70 Å². The van der Waals surface area contributed by atoms with Gasteiger partial charge in [0.05, 0.1) is 12.4 Å². The molecule has 1 aliphatic heterocycles. The minimum absolute atomic E-state index is 0.841. The molecule has 2 N–H and O–H groups in total. The van der Waals surface area contributed by atoms with Crippen molar-refractivity contribution in [1.29, 1.82) is 0 Å². The molecule has 0 spiro atoms. The van der Waals surface area contributed by atoms with Crippen LogP contribution in [0.25, 0.3) is 5.70 Å². The number of hydrogen-bond donors (Lipinski definition) is 2. The van der Waals surface area contributed by atoms with Crippen molar-refractivity contribution in [2.45, 2.75) is 32.6 Å². The molecule has 0 bridgehead atoms. The quantitative estimate of drug-likeness (QED) is 0.740. The Balaban J connectivity index is 1.93. The fourth-order valence-corrected chi connectivity index (χ4v) is 1.97. The molecule has 0 saturated heterocycles. The summed E-state index contributed by atoms with van der Waals surface area (Å²) < 4.78 is 0. The van der Waals surface area contributed by atoms with Crippen LogP contribution < -0.4 is 10.6 Å². The number of unbranched alkanes of at least 4 members (excludes halogenated alkanes) is 2. The Hall–Kier alpha value is -1.44. The first-order valence-corrected chi connectivity index (χ1v) is 6.17. The van der Waals surface area contributed by atoms with Crippen molar-refractivity contribution in [3.63, 3.8) is 0 Å². The Kier molecular flexibility index (Phi) is 3.86. The van der Waals surface area contributed by atoms with E-state index in [2.05, 4.69) is 41.8 Å². The summed E-state index contributed by atoms with van der Waals surface area (Å²) in [6, 6.07) is 8.89.